The molecule has 0 unspecified atom stereocenters. The third-order valence-electron chi connectivity index (χ3n) is 2.30. The van der Waals surface area contributed by atoms with Gasteiger partial charge in [-0.25, -0.2) is 0 Å². The maximum atomic E-state index is 5.74. The molecule has 0 saturated carbocycles. The Bertz CT molecular complexity index is 471. The maximum Gasteiger partial charge on any atom is 0.0316 e. The first-order chi connectivity index (χ1) is 7.25. The van der Waals surface area contributed by atoms with Gasteiger partial charge in [-0.05, 0) is 35.7 Å². The third kappa shape index (κ3) is 3.26. The van der Waals surface area contributed by atoms with Crippen LogP contribution in [-0.2, 0) is 6.42 Å². The molecule has 0 radical (unpaired) electrons. The zero-order valence-corrected chi connectivity index (χ0v) is 11.1. The standard InChI is InChI=1S/C13H12BrN.ClH/c14-13-7-2-1-5-11(13)8-10-4-3-6-12(15)9-10;/h1-7,9H,8,15H2;1H. The first-order valence-electron chi connectivity index (χ1n) is 4.83. The summed E-state index contributed by atoms with van der Waals surface area (Å²) in [6.07, 6.45) is 0.909. The summed E-state index contributed by atoms with van der Waals surface area (Å²) in [5.41, 5.74) is 9.08. The van der Waals surface area contributed by atoms with Crippen molar-refractivity contribution < 1.29 is 0 Å². The Hall–Kier alpha value is -0.990. The molecule has 0 heterocycles. The molecule has 0 aliphatic carbocycles. The minimum Gasteiger partial charge on any atom is -0.399 e. The Balaban J connectivity index is 0.00000128. The Labute approximate surface area is 110 Å². The number of anilines is 1. The zero-order chi connectivity index (χ0) is 10.7. The highest BCUT2D eigenvalue weighted by molar-refractivity contribution is 9.10. The lowest BCUT2D eigenvalue weighted by molar-refractivity contribution is 1.18. The Morgan fingerprint density at radius 1 is 1.00 bits per heavy atom. The molecule has 1 nitrogen and oxygen atoms in total. The summed E-state index contributed by atoms with van der Waals surface area (Å²) in [5.74, 6) is 0. The lowest BCUT2D eigenvalue weighted by Gasteiger charge is -2.05. The second-order valence-corrected chi connectivity index (χ2v) is 4.37. The van der Waals surface area contributed by atoms with Gasteiger partial charge in [0.15, 0.2) is 0 Å². The molecule has 0 aromatic heterocycles. The predicted molar refractivity (Wildman–Crippen MR) is 75.1 cm³/mol. The van der Waals surface area contributed by atoms with Crippen molar-refractivity contribution in [3.8, 4) is 0 Å². The van der Waals surface area contributed by atoms with Crippen molar-refractivity contribution in [2.75, 3.05) is 5.73 Å². The first-order valence-corrected chi connectivity index (χ1v) is 5.63. The topological polar surface area (TPSA) is 26.0 Å². The summed E-state index contributed by atoms with van der Waals surface area (Å²) in [5, 5.41) is 0. The van der Waals surface area contributed by atoms with Crippen LogP contribution in [0, 0.1) is 0 Å². The second kappa shape index (κ2) is 5.92. The molecule has 2 rings (SSSR count). The van der Waals surface area contributed by atoms with Gasteiger partial charge < -0.3 is 5.73 Å². The van der Waals surface area contributed by atoms with Crippen molar-refractivity contribution in [1.82, 2.24) is 0 Å². The van der Waals surface area contributed by atoms with Crippen molar-refractivity contribution >= 4 is 34.0 Å². The summed E-state index contributed by atoms with van der Waals surface area (Å²) in [6.45, 7) is 0. The number of benzene rings is 2. The molecule has 0 bridgehead atoms. The first kappa shape index (κ1) is 13.1. The average Bonchev–Trinajstić information content (AvgIpc) is 2.22. The van der Waals surface area contributed by atoms with Crippen LogP contribution in [0.3, 0.4) is 0 Å². The van der Waals surface area contributed by atoms with E-state index in [2.05, 4.69) is 34.1 Å². The molecule has 0 aliphatic rings. The number of nitrogen functional groups attached to an aromatic ring is 1. The van der Waals surface area contributed by atoms with Crippen LogP contribution in [0.25, 0.3) is 0 Å². The van der Waals surface area contributed by atoms with Crippen LogP contribution < -0.4 is 5.73 Å². The molecule has 16 heavy (non-hydrogen) atoms. The van der Waals surface area contributed by atoms with Crippen LogP contribution in [-0.4, -0.2) is 0 Å². The molecule has 0 atom stereocenters. The number of hydrogen-bond acceptors (Lipinski definition) is 1. The molecule has 84 valence electrons. The molecule has 2 aromatic carbocycles. The predicted octanol–water partition coefficient (Wildman–Crippen LogP) is 4.04. The van der Waals surface area contributed by atoms with Crippen molar-refractivity contribution in [1.29, 1.82) is 0 Å². The summed E-state index contributed by atoms with van der Waals surface area (Å²) >= 11 is 3.54. The van der Waals surface area contributed by atoms with Crippen LogP contribution in [0.1, 0.15) is 11.1 Å². The van der Waals surface area contributed by atoms with E-state index >= 15 is 0 Å². The van der Waals surface area contributed by atoms with Crippen LogP contribution in [0.4, 0.5) is 5.69 Å². The minimum absolute atomic E-state index is 0. The minimum atomic E-state index is 0. The van der Waals surface area contributed by atoms with Gasteiger partial charge in [0, 0.05) is 10.2 Å². The van der Waals surface area contributed by atoms with E-state index in [0.29, 0.717) is 0 Å². The van der Waals surface area contributed by atoms with Crippen molar-refractivity contribution in [3.63, 3.8) is 0 Å². The van der Waals surface area contributed by atoms with Gasteiger partial charge in [-0.3, -0.25) is 0 Å². The molecule has 2 aromatic rings. The molecule has 0 saturated heterocycles. The highest BCUT2D eigenvalue weighted by Gasteiger charge is 2.00. The second-order valence-electron chi connectivity index (χ2n) is 3.51. The fraction of sp³-hybridized carbons (Fsp3) is 0.0769. The van der Waals surface area contributed by atoms with Gasteiger partial charge in [0.05, 0.1) is 0 Å². The quantitative estimate of drug-likeness (QED) is 0.832. The van der Waals surface area contributed by atoms with E-state index in [1.54, 1.807) is 0 Å². The number of nitrogens with two attached hydrogens (primary N) is 1. The molecule has 0 fully saturated rings. The van der Waals surface area contributed by atoms with Gasteiger partial charge >= 0.3 is 0 Å². The van der Waals surface area contributed by atoms with E-state index in [0.717, 1.165) is 16.6 Å². The van der Waals surface area contributed by atoms with E-state index < -0.39 is 0 Å². The lowest BCUT2D eigenvalue weighted by Crippen LogP contribution is -1.91. The molecule has 3 heteroatoms. The van der Waals surface area contributed by atoms with Gasteiger partial charge in [0.25, 0.3) is 0 Å². The van der Waals surface area contributed by atoms with E-state index in [1.165, 1.54) is 11.1 Å². The fourth-order valence-corrected chi connectivity index (χ4v) is 1.99. The SMILES string of the molecule is Cl.Nc1cccc(Cc2ccccc2Br)c1. The normalized spacial score (nSPS) is 9.56. The maximum absolute atomic E-state index is 5.74. The van der Waals surface area contributed by atoms with E-state index in [9.17, 15) is 0 Å². The zero-order valence-electron chi connectivity index (χ0n) is 8.69. The Morgan fingerprint density at radius 3 is 2.44 bits per heavy atom. The highest BCUT2D eigenvalue weighted by atomic mass is 79.9. The monoisotopic (exact) mass is 297 g/mol. The van der Waals surface area contributed by atoms with Crippen molar-refractivity contribution in [3.05, 3.63) is 64.1 Å². The van der Waals surface area contributed by atoms with Gasteiger partial charge in [0.2, 0.25) is 0 Å². The summed E-state index contributed by atoms with van der Waals surface area (Å²) in [7, 11) is 0. The van der Waals surface area contributed by atoms with Crippen molar-refractivity contribution in [2.45, 2.75) is 6.42 Å². The molecule has 0 spiro atoms. The number of rotatable bonds is 2. The Kier molecular flexibility index (Phi) is 4.84. The van der Waals surface area contributed by atoms with Gasteiger partial charge in [-0.1, -0.05) is 46.3 Å². The molecule has 0 amide bonds. The third-order valence-corrected chi connectivity index (χ3v) is 3.08. The molecule has 2 N–H and O–H groups in total. The van der Waals surface area contributed by atoms with Gasteiger partial charge in [-0.15, -0.1) is 12.4 Å². The summed E-state index contributed by atoms with van der Waals surface area (Å²) < 4.78 is 1.15. The summed E-state index contributed by atoms with van der Waals surface area (Å²) in [6, 6.07) is 16.2. The summed E-state index contributed by atoms with van der Waals surface area (Å²) in [4.78, 5) is 0. The van der Waals surface area contributed by atoms with E-state index in [1.807, 2.05) is 30.3 Å². The van der Waals surface area contributed by atoms with Gasteiger partial charge in [-0.2, -0.15) is 0 Å². The van der Waals surface area contributed by atoms with Crippen molar-refractivity contribution in [2.24, 2.45) is 0 Å². The molecule has 0 aliphatic heterocycles. The van der Waals surface area contributed by atoms with E-state index in [4.69, 9.17) is 5.73 Å². The Morgan fingerprint density at radius 2 is 1.75 bits per heavy atom. The fourth-order valence-electron chi connectivity index (χ4n) is 1.56. The van der Waals surface area contributed by atoms with Crippen LogP contribution in [0.5, 0.6) is 0 Å². The van der Waals surface area contributed by atoms with E-state index in [-0.39, 0.29) is 12.4 Å². The molecular weight excluding hydrogens is 286 g/mol. The smallest absolute Gasteiger partial charge is 0.0316 e. The van der Waals surface area contributed by atoms with Crippen LogP contribution in [0.15, 0.2) is 53.0 Å². The number of halogens is 2. The molecular formula is C13H13BrClN. The largest absolute Gasteiger partial charge is 0.399 e. The number of hydrogen-bond donors (Lipinski definition) is 1. The van der Waals surface area contributed by atoms with Gasteiger partial charge in [0.1, 0.15) is 0 Å². The average molecular weight is 299 g/mol. The van der Waals surface area contributed by atoms with Crippen LogP contribution in [0.2, 0.25) is 0 Å². The lowest BCUT2D eigenvalue weighted by atomic mass is 10.0. The van der Waals surface area contributed by atoms with Crippen LogP contribution >= 0.6 is 28.3 Å². The highest BCUT2D eigenvalue weighted by Crippen LogP contribution is 2.20.